The molecule has 2 amide bonds. The van der Waals surface area contributed by atoms with Gasteiger partial charge in [0.05, 0.1) is 30.8 Å². The normalized spacial score (nSPS) is 20.0. The number of nitrogens with two attached hydrogens (primary N) is 1. The van der Waals surface area contributed by atoms with Gasteiger partial charge in [-0.05, 0) is 80.0 Å². The van der Waals surface area contributed by atoms with E-state index < -0.39 is 16.1 Å². The van der Waals surface area contributed by atoms with E-state index in [0.717, 1.165) is 54.1 Å². The van der Waals surface area contributed by atoms with Crippen LogP contribution in [-0.2, 0) is 20.9 Å². The predicted octanol–water partition coefficient (Wildman–Crippen LogP) is 6.46. The van der Waals surface area contributed by atoms with E-state index in [4.69, 9.17) is 14.7 Å². The van der Waals surface area contributed by atoms with Crippen molar-refractivity contribution >= 4 is 39.3 Å². The Labute approximate surface area is 305 Å². The van der Waals surface area contributed by atoms with Gasteiger partial charge in [-0.3, -0.25) is 13.9 Å². The SMILES string of the molecule is CC1CCCCN1c1nnc2ccc(OC3CCC(NC(=O)NC(C=C(N)C(C)(C)C)=Nc4cccc(COS(C)(=O)=O)c4)c4ccccc43)cn12. The number of hydrogen-bond donors (Lipinski definition) is 3. The van der Waals surface area contributed by atoms with E-state index in [1.54, 1.807) is 30.3 Å². The molecule has 6 rings (SSSR count). The van der Waals surface area contributed by atoms with Crippen LogP contribution in [0.4, 0.5) is 16.4 Å². The third-order valence-electron chi connectivity index (χ3n) is 9.44. The van der Waals surface area contributed by atoms with E-state index >= 15 is 0 Å². The highest BCUT2D eigenvalue weighted by Gasteiger charge is 2.30. The molecule has 2 aromatic carbocycles. The smallest absolute Gasteiger partial charge is 0.320 e. The molecule has 3 heterocycles. The topological polar surface area (TPSA) is 166 Å². The van der Waals surface area contributed by atoms with Gasteiger partial charge >= 0.3 is 6.03 Å². The number of piperidine rings is 1. The molecule has 2 aliphatic rings. The highest BCUT2D eigenvalue weighted by atomic mass is 32.2. The number of rotatable bonds is 9. The fourth-order valence-corrected chi connectivity index (χ4v) is 6.86. The standard InChI is InChI=1S/C38H48N8O5S/c1-25-11-8-9-20-45(25)37-44-43-35-19-16-28(23-46(35)37)51-32-18-17-31(29-14-6-7-15-30(29)32)41-36(47)42-34(22-33(39)38(2,3)4)40-27-13-10-12-26(21-27)24-50-52(5,48)49/h6-7,10,12-16,19,21-23,25,31-32H,8-9,11,17-18,20,24,39H2,1-5H3,(H2,40,41,42,47). The van der Waals surface area contributed by atoms with E-state index in [2.05, 4.69) is 37.6 Å². The predicted molar refractivity (Wildman–Crippen MR) is 202 cm³/mol. The minimum atomic E-state index is -3.62. The number of nitrogens with zero attached hydrogens (tertiary/aromatic N) is 5. The van der Waals surface area contributed by atoms with Crippen molar-refractivity contribution in [1.82, 2.24) is 25.2 Å². The third kappa shape index (κ3) is 9.09. The highest BCUT2D eigenvalue weighted by molar-refractivity contribution is 7.85. The van der Waals surface area contributed by atoms with Gasteiger partial charge in [-0.2, -0.15) is 8.42 Å². The van der Waals surface area contributed by atoms with Crippen LogP contribution in [0, 0.1) is 5.41 Å². The zero-order valence-electron chi connectivity index (χ0n) is 30.4. The lowest BCUT2D eigenvalue weighted by Gasteiger charge is -2.33. The van der Waals surface area contributed by atoms with Gasteiger partial charge in [0.2, 0.25) is 5.95 Å². The van der Waals surface area contributed by atoms with Crippen LogP contribution in [0.2, 0.25) is 0 Å². The molecule has 3 unspecified atom stereocenters. The third-order valence-corrected chi connectivity index (χ3v) is 9.98. The lowest BCUT2D eigenvalue weighted by atomic mass is 9.85. The first-order chi connectivity index (χ1) is 24.7. The summed E-state index contributed by atoms with van der Waals surface area (Å²) in [6.07, 6.45) is 9.21. The molecule has 3 atom stereocenters. The molecule has 52 heavy (non-hydrogen) atoms. The highest BCUT2D eigenvalue weighted by Crippen LogP contribution is 2.39. The number of hydrogen-bond acceptors (Lipinski definition) is 10. The van der Waals surface area contributed by atoms with Gasteiger partial charge in [0.25, 0.3) is 10.1 Å². The van der Waals surface area contributed by atoms with Gasteiger partial charge < -0.3 is 20.7 Å². The fraction of sp³-hybridized carbons (Fsp3) is 0.421. The summed E-state index contributed by atoms with van der Waals surface area (Å²) >= 11 is 0. The van der Waals surface area contributed by atoms with Crippen LogP contribution < -0.4 is 26.0 Å². The Bertz CT molecular complexity index is 2090. The zero-order valence-corrected chi connectivity index (χ0v) is 31.2. The first-order valence-corrected chi connectivity index (χ1v) is 19.5. The number of benzene rings is 2. The van der Waals surface area contributed by atoms with E-state index in [1.807, 2.05) is 67.8 Å². The Kier molecular flexibility index (Phi) is 10.9. The van der Waals surface area contributed by atoms with E-state index in [9.17, 15) is 13.2 Å². The van der Waals surface area contributed by atoms with Gasteiger partial charge in [0.1, 0.15) is 17.7 Å². The molecule has 1 saturated heterocycles. The maximum atomic E-state index is 13.6. The summed E-state index contributed by atoms with van der Waals surface area (Å²) in [5.74, 6) is 1.79. The summed E-state index contributed by atoms with van der Waals surface area (Å²) in [5, 5.41) is 14.9. The number of carbonyl (C=O) groups excluding carboxylic acids is 1. The zero-order chi connectivity index (χ0) is 37.0. The van der Waals surface area contributed by atoms with Crippen LogP contribution in [0.15, 0.2) is 83.6 Å². The minimum Gasteiger partial charge on any atom is -0.484 e. The Hall–Kier alpha value is -4.95. The number of fused-ring (bicyclic) bond motifs is 2. The monoisotopic (exact) mass is 728 g/mol. The quantitative estimate of drug-likeness (QED) is 0.0997. The summed E-state index contributed by atoms with van der Waals surface area (Å²) in [4.78, 5) is 20.6. The second-order valence-electron chi connectivity index (χ2n) is 14.6. The van der Waals surface area contributed by atoms with Crippen LogP contribution in [0.3, 0.4) is 0 Å². The summed E-state index contributed by atoms with van der Waals surface area (Å²) in [7, 11) is -3.62. The van der Waals surface area contributed by atoms with E-state index in [-0.39, 0.29) is 30.0 Å². The first kappa shape index (κ1) is 36.8. The molecule has 4 aromatic rings. The van der Waals surface area contributed by atoms with Crippen molar-refractivity contribution in [2.75, 3.05) is 17.7 Å². The van der Waals surface area contributed by atoms with Gasteiger partial charge in [-0.15, -0.1) is 10.2 Å². The molecule has 0 bridgehead atoms. The average Bonchev–Trinajstić information content (AvgIpc) is 3.51. The van der Waals surface area contributed by atoms with Crippen LogP contribution in [0.25, 0.3) is 5.65 Å². The lowest BCUT2D eigenvalue weighted by Crippen LogP contribution is -2.42. The number of aromatic nitrogens is 3. The number of pyridine rings is 1. The van der Waals surface area contributed by atoms with Crippen LogP contribution >= 0.6 is 0 Å². The number of amides is 2. The van der Waals surface area contributed by atoms with Crippen molar-refractivity contribution in [2.24, 2.45) is 16.1 Å². The van der Waals surface area contributed by atoms with Crippen molar-refractivity contribution in [3.63, 3.8) is 0 Å². The average molecular weight is 729 g/mol. The molecule has 14 heteroatoms. The maximum absolute atomic E-state index is 13.6. The number of urea groups is 1. The molecule has 1 fully saturated rings. The van der Waals surface area contributed by atoms with Crippen LogP contribution in [-0.4, -0.2) is 53.7 Å². The van der Waals surface area contributed by atoms with Gasteiger partial charge in [-0.25, -0.2) is 9.79 Å². The number of carbonyl (C=O) groups is 1. The summed E-state index contributed by atoms with van der Waals surface area (Å²) < 4.78 is 36.6. The van der Waals surface area contributed by atoms with Crippen LogP contribution in [0.5, 0.6) is 5.75 Å². The Morgan fingerprint density at radius 2 is 1.83 bits per heavy atom. The van der Waals surface area contributed by atoms with E-state index in [0.29, 0.717) is 35.8 Å². The first-order valence-electron chi connectivity index (χ1n) is 17.7. The van der Waals surface area contributed by atoms with Crippen molar-refractivity contribution in [2.45, 2.75) is 84.6 Å². The molecule has 2 aromatic heterocycles. The Balaban J connectivity index is 1.19. The molecule has 1 aliphatic heterocycles. The van der Waals surface area contributed by atoms with Crippen molar-refractivity contribution < 1.29 is 22.1 Å². The Morgan fingerprint density at radius 1 is 1.04 bits per heavy atom. The second kappa shape index (κ2) is 15.3. The number of ether oxygens (including phenoxy) is 1. The van der Waals surface area contributed by atoms with Gasteiger partial charge in [0.15, 0.2) is 5.65 Å². The molecule has 1 aliphatic carbocycles. The molecule has 4 N–H and O–H groups in total. The number of allylic oxidation sites excluding steroid dienone is 1. The summed E-state index contributed by atoms with van der Waals surface area (Å²) in [5.41, 5.74) is 10.4. The molecule has 0 radical (unpaired) electrons. The van der Waals surface area contributed by atoms with E-state index in [1.165, 1.54) is 6.42 Å². The van der Waals surface area contributed by atoms with Gasteiger partial charge in [-0.1, -0.05) is 57.2 Å². The minimum absolute atomic E-state index is 0.133. The van der Waals surface area contributed by atoms with Crippen molar-refractivity contribution in [3.05, 3.63) is 95.3 Å². The number of anilines is 1. The summed E-state index contributed by atoms with van der Waals surface area (Å²) in [6.45, 7) is 8.96. The lowest BCUT2D eigenvalue weighted by molar-refractivity contribution is 0.171. The second-order valence-corrected chi connectivity index (χ2v) is 16.2. The molecule has 0 spiro atoms. The number of aliphatic imine (C=N–C) groups is 1. The van der Waals surface area contributed by atoms with Crippen molar-refractivity contribution in [3.8, 4) is 5.75 Å². The molecule has 0 saturated carbocycles. The van der Waals surface area contributed by atoms with Crippen molar-refractivity contribution in [1.29, 1.82) is 0 Å². The largest absolute Gasteiger partial charge is 0.484 e. The maximum Gasteiger partial charge on any atom is 0.320 e. The molecular formula is C38H48N8O5S. The number of amidine groups is 1. The van der Waals surface area contributed by atoms with Crippen LogP contribution in [0.1, 0.15) is 88.6 Å². The molecular weight excluding hydrogens is 681 g/mol. The summed E-state index contributed by atoms with van der Waals surface area (Å²) in [6, 6.07) is 18.5. The molecule has 13 nitrogen and oxygen atoms in total. The van der Waals surface area contributed by atoms with Gasteiger partial charge in [0, 0.05) is 29.8 Å². The Morgan fingerprint density at radius 3 is 2.58 bits per heavy atom. The molecule has 276 valence electrons. The fourth-order valence-electron chi connectivity index (χ4n) is 6.51. The number of nitrogens with one attached hydrogen (secondary N) is 2.